The SMILES string of the molecule is CC1(C)CCC(N(CC(=O)O)c2ccccc2)CC1. The van der Waals surface area contributed by atoms with Crippen molar-refractivity contribution in [2.24, 2.45) is 5.41 Å². The first-order valence-corrected chi connectivity index (χ1v) is 7.01. The Balaban J connectivity index is 2.13. The van der Waals surface area contributed by atoms with E-state index in [1.807, 2.05) is 30.3 Å². The van der Waals surface area contributed by atoms with E-state index in [0.717, 1.165) is 18.5 Å². The second kappa shape index (κ2) is 5.64. The van der Waals surface area contributed by atoms with Crippen LogP contribution >= 0.6 is 0 Å². The lowest BCUT2D eigenvalue weighted by Crippen LogP contribution is -2.42. The number of rotatable bonds is 4. The topological polar surface area (TPSA) is 40.5 Å². The summed E-state index contributed by atoms with van der Waals surface area (Å²) in [4.78, 5) is 13.2. The lowest BCUT2D eigenvalue weighted by molar-refractivity contribution is -0.135. The van der Waals surface area contributed by atoms with Crippen molar-refractivity contribution >= 4 is 11.7 Å². The van der Waals surface area contributed by atoms with Crippen molar-refractivity contribution in [2.45, 2.75) is 45.6 Å². The zero-order chi connectivity index (χ0) is 13.9. The standard InChI is InChI=1S/C16H23NO2/c1-16(2)10-8-14(9-11-16)17(12-15(18)19)13-6-4-3-5-7-13/h3-7,14H,8-12H2,1-2H3,(H,18,19). The molecule has 1 N–H and O–H groups in total. The summed E-state index contributed by atoms with van der Waals surface area (Å²) in [5.74, 6) is -0.756. The molecule has 0 heterocycles. The molecule has 0 aromatic heterocycles. The van der Waals surface area contributed by atoms with Crippen LogP contribution in [-0.4, -0.2) is 23.7 Å². The first kappa shape index (κ1) is 13.9. The number of anilines is 1. The van der Waals surface area contributed by atoms with E-state index < -0.39 is 5.97 Å². The van der Waals surface area contributed by atoms with E-state index in [0.29, 0.717) is 11.5 Å². The van der Waals surface area contributed by atoms with Gasteiger partial charge in [-0.25, -0.2) is 0 Å². The molecule has 2 rings (SSSR count). The number of benzene rings is 1. The van der Waals surface area contributed by atoms with E-state index in [2.05, 4.69) is 18.7 Å². The lowest BCUT2D eigenvalue weighted by atomic mass is 9.75. The van der Waals surface area contributed by atoms with Crippen molar-refractivity contribution in [3.63, 3.8) is 0 Å². The molecule has 0 unspecified atom stereocenters. The average Bonchev–Trinajstić information content (AvgIpc) is 2.37. The largest absolute Gasteiger partial charge is 0.480 e. The first-order chi connectivity index (χ1) is 8.98. The van der Waals surface area contributed by atoms with Gasteiger partial charge in [-0.2, -0.15) is 0 Å². The van der Waals surface area contributed by atoms with Crippen LogP contribution in [0, 0.1) is 5.41 Å². The number of nitrogens with zero attached hydrogens (tertiary/aromatic N) is 1. The summed E-state index contributed by atoms with van der Waals surface area (Å²) in [5, 5.41) is 9.14. The van der Waals surface area contributed by atoms with E-state index in [4.69, 9.17) is 5.11 Å². The van der Waals surface area contributed by atoms with Crippen LogP contribution in [0.15, 0.2) is 30.3 Å². The van der Waals surface area contributed by atoms with E-state index in [1.165, 1.54) is 12.8 Å². The minimum atomic E-state index is -0.756. The number of carboxylic acids is 1. The summed E-state index contributed by atoms with van der Waals surface area (Å²) in [6.07, 6.45) is 4.49. The predicted molar refractivity (Wildman–Crippen MR) is 77.5 cm³/mol. The van der Waals surface area contributed by atoms with Gasteiger partial charge in [0, 0.05) is 11.7 Å². The van der Waals surface area contributed by atoms with Gasteiger partial charge in [0.05, 0.1) is 0 Å². The maximum atomic E-state index is 11.1. The number of carboxylic acid groups (broad SMARTS) is 1. The Morgan fingerprint density at radius 1 is 1.26 bits per heavy atom. The third-order valence-corrected chi connectivity index (χ3v) is 4.14. The Morgan fingerprint density at radius 2 is 1.84 bits per heavy atom. The van der Waals surface area contributed by atoms with Crippen molar-refractivity contribution in [1.82, 2.24) is 0 Å². The van der Waals surface area contributed by atoms with Crippen molar-refractivity contribution < 1.29 is 9.90 Å². The average molecular weight is 261 g/mol. The normalized spacial score (nSPS) is 19.1. The Bertz CT molecular complexity index is 418. The van der Waals surface area contributed by atoms with Crippen LogP contribution in [0.5, 0.6) is 0 Å². The van der Waals surface area contributed by atoms with Crippen molar-refractivity contribution in [3.8, 4) is 0 Å². The van der Waals surface area contributed by atoms with Gasteiger partial charge in [0.15, 0.2) is 0 Å². The van der Waals surface area contributed by atoms with Gasteiger partial charge in [-0.3, -0.25) is 4.79 Å². The van der Waals surface area contributed by atoms with Gasteiger partial charge < -0.3 is 10.0 Å². The zero-order valence-electron chi connectivity index (χ0n) is 11.8. The molecule has 0 atom stereocenters. The Kier molecular flexibility index (Phi) is 4.13. The Morgan fingerprint density at radius 3 is 2.37 bits per heavy atom. The molecule has 1 aromatic carbocycles. The molecule has 1 aliphatic rings. The summed E-state index contributed by atoms with van der Waals surface area (Å²) in [5.41, 5.74) is 1.43. The minimum Gasteiger partial charge on any atom is -0.480 e. The highest BCUT2D eigenvalue weighted by Gasteiger charge is 2.30. The molecule has 19 heavy (non-hydrogen) atoms. The van der Waals surface area contributed by atoms with Gasteiger partial charge in [-0.05, 0) is 43.2 Å². The van der Waals surface area contributed by atoms with E-state index in [1.54, 1.807) is 0 Å². The maximum Gasteiger partial charge on any atom is 0.323 e. The monoisotopic (exact) mass is 261 g/mol. The van der Waals surface area contributed by atoms with Crippen LogP contribution in [0.2, 0.25) is 0 Å². The van der Waals surface area contributed by atoms with Crippen LogP contribution in [0.4, 0.5) is 5.69 Å². The third kappa shape index (κ3) is 3.72. The Hall–Kier alpha value is -1.51. The molecular formula is C16H23NO2. The molecule has 0 spiro atoms. The lowest BCUT2D eigenvalue weighted by Gasteiger charge is -2.40. The molecule has 3 heteroatoms. The quantitative estimate of drug-likeness (QED) is 0.901. The molecule has 0 amide bonds. The predicted octanol–water partition coefficient (Wildman–Crippen LogP) is 3.55. The van der Waals surface area contributed by atoms with Gasteiger partial charge in [0.25, 0.3) is 0 Å². The van der Waals surface area contributed by atoms with Crippen LogP contribution in [0.25, 0.3) is 0 Å². The summed E-state index contributed by atoms with van der Waals surface area (Å²) in [6, 6.07) is 10.3. The Labute approximate surface area is 115 Å². The number of carbonyl (C=O) groups is 1. The highest BCUT2D eigenvalue weighted by Crippen LogP contribution is 2.38. The fraction of sp³-hybridized carbons (Fsp3) is 0.562. The molecule has 0 radical (unpaired) electrons. The van der Waals surface area contributed by atoms with E-state index >= 15 is 0 Å². The van der Waals surface area contributed by atoms with Crippen molar-refractivity contribution in [1.29, 1.82) is 0 Å². The number of hydrogen-bond donors (Lipinski definition) is 1. The summed E-state index contributed by atoms with van der Waals surface area (Å²) in [7, 11) is 0. The second-order valence-electron chi connectivity index (χ2n) is 6.25. The zero-order valence-corrected chi connectivity index (χ0v) is 11.8. The molecule has 104 valence electrons. The molecule has 3 nitrogen and oxygen atoms in total. The van der Waals surface area contributed by atoms with Crippen molar-refractivity contribution in [2.75, 3.05) is 11.4 Å². The van der Waals surface area contributed by atoms with Crippen LogP contribution < -0.4 is 4.90 Å². The summed E-state index contributed by atoms with van der Waals surface area (Å²) >= 11 is 0. The third-order valence-electron chi connectivity index (χ3n) is 4.14. The highest BCUT2D eigenvalue weighted by molar-refractivity contribution is 5.74. The maximum absolute atomic E-state index is 11.1. The highest BCUT2D eigenvalue weighted by atomic mass is 16.4. The second-order valence-corrected chi connectivity index (χ2v) is 6.25. The molecular weight excluding hydrogens is 238 g/mol. The van der Waals surface area contributed by atoms with Crippen LogP contribution in [0.1, 0.15) is 39.5 Å². The molecule has 1 aromatic rings. The number of aliphatic carboxylic acids is 1. The fourth-order valence-electron chi connectivity index (χ4n) is 2.89. The van der Waals surface area contributed by atoms with Gasteiger partial charge in [-0.15, -0.1) is 0 Å². The first-order valence-electron chi connectivity index (χ1n) is 7.01. The fourth-order valence-corrected chi connectivity index (χ4v) is 2.89. The molecule has 1 fully saturated rings. The minimum absolute atomic E-state index is 0.0924. The number of hydrogen-bond acceptors (Lipinski definition) is 2. The molecule has 1 saturated carbocycles. The van der Waals surface area contributed by atoms with E-state index in [-0.39, 0.29) is 6.54 Å². The van der Waals surface area contributed by atoms with E-state index in [9.17, 15) is 4.79 Å². The molecule has 0 saturated heterocycles. The summed E-state index contributed by atoms with van der Waals surface area (Å²) in [6.45, 7) is 4.69. The van der Waals surface area contributed by atoms with Gasteiger partial charge in [-0.1, -0.05) is 32.0 Å². The van der Waals surface area contributed by atoms with Gasteiger partial charge in [0.1, 0.15) is 6.54 Å². The van der Waals surface area contributed by atoms with Crippen LogP contribution in [0.3, 0.4) is 0 Å². The van der Waals surface area contributed by atoms with Crippen LogP contribution in [-0.2, 0) is 4.79 Å². The smallest absolute Gasteiger partial charge is 0.323 e. The van der Waals surface area contributed by atoms with Gasteiger partial charge in [0.2, 0.25) is 0 Å². The number of para-hydroxylation sites is 1. The molecule has 0 bridgehead atoms. The molecule has 0 aliphatic heterocycles. The molecule has 1 aliphatic carbocycles. The summed E-state index contributed by atoms with van der Waals surface area (Å²) < 4.78 is 0. The van der Waals surface area contributed by atoms with Gasteiger partial charge >= 0.3 is 5.97 Å². The van der Waals surface area contributed by atoms with Crippen molar-refractivity contribution in [3.05, 3.63) is 30.3 Å².